The van der Waals surface area contributed by atoms with Gasteiger partial charge in [-0.1, -0.05) is 67.7 Å². The normalized spacial score (nSPS) is 40.6. The van der Waals surface area contributed by atoms with Gasteiger partial charge in [0.25, 0.3) is 0 Å². The van der Waals surface area contributed by atoms with E-state index in [1.165, 1.54) is 25.7 Å². The second-order valence-corrected chi connectivity index (χ2v) is 13.1. The lowest BCUT2D eigenvalue weighted by atomic mass is 9.64. The smallest absolute Gasteiger partial charge is 0.310 e. The molecule has 0 aliphatic heterocycles. The lowest BCUT2D eigenvalue weighted by molar-refractivity contribution is -0.184. The second kappa shape index (κ2) is 7.80. The topological polar surface area (TPSA) is 26.3 Å². The van der Waals surface area contributed by atoms with Crippen LogP contribution in [0.5, 0.6) is 0 Å². The van der Waals surface area contributed by atoms with E-state index in [9.17, 15) is 4.79 Å². The van der Waals surface area contributed by atoms with Crippen LogP contribution in [0.15, 0.2) is 0 Å². The lowest BCUT2D eigenvalue weighted by Gasteiger charge is -2.47. The van der Waals surface area contributed by atoms with Gasteiger partial charge in [0, 0.05) is 5.92 Å². The van der Waals surface area contributed by atoms with Crippen LogP contribution in [0.4, 0.5) is 0 Å². The van der Waals surface area contributed by atoms with E-state index in [2.05, 4.69) is 48.5 Å². The highest BCUT2D eigenvalue weighted by Gasteiger charge is 2.68. The van der Waals surface area contributed by atoms with E-state index in [0.29, 0.717) is 5.92 Å². The summed E-state index contributed by atoms with van der Waals surface area (Å²) in [5.74, 6) is 5.39. The third-order valence-corrected chi connectivity index (χ3v) is 10.7. The molecular formula is C28H48O2. The Labute approximate surface area is 186 Å². The maximum Gasteiger partial charge on any atom is 0.310 e. The molecule has 0 aromatic carbocycles. The van der Waals surface area contributed by atoms with Crippen LogP contribution in [0.2, 0.25) is 0 Å². The molecule has 30 heavy (non-hydrogen) atoms. The van der Waals surface area contributed by atoms with Crippen LogP contribution in [-0.2, 0) is 9.53 Å². The summed E-state index contributed by atoms with van der Waals surface area (Å²) in [5.41, 5.74) is 0.0164. The summed E-state index contributed by atoms with van der Waals surface area (Å²) < 4.78 is 6.79. The number of hydrogen-bond acceptors (Lipinski definition) is 2. The third-order valence-electron chi connectivity index (χ3n) is 10.7. The molecule has 8 unspecified atom stereocenters. The maximum absolute atomic E-state index is 13.9. The minimum atomic E-state index is -0.152. The second-order valence-electron chi connectivity index (χ2n) is 13.1. The van der Waals surface area contributed by atoms with Crippen molar-refractivity contribution in [3.8, 4) is 0 Å². The van der Waals surface area contributed by atoms with Crippen LogP contribution in [0.3, 0.4) is 0 Å². The predicted octanol–water partition coefficient (Wildman–Crippen LogP) is 7.65. The van der Waals surface area contributed by atoms with Crippen molar-refractivity contribution in [2.75, 3.05) is 0 Å². The Kier molecular flexibility index (Phi) is 5.89. The summed E-state index contributed by atoms with van der Waals surface area (Å²) >= 11 is 0. The molecule has 0 amide bonds. The first-order valence-electron chi connectivity index (χ1n) is 13.3. The average molecular weight is 417 g/mol. The molecule has 2 nitrogen and oxygen atoms in total. The van der Waals surface area contributed by atoms with E-state index < -0.39 is 0 Å². The first kappa shape index (κ1) is 22.7. The fraction of sp³-hybridized carbons (Fsp3) is 0.964. The van der Waals surface area contributed by atoms with Crippen LogP contribution in [0.25, 0.3) is 0 Å². The number of carbonyl (C=O) groups excluding carboxylic acids is 1. The summed E-state index contributed by atoms with van der Waals surface area (Å²) in [6.45, 7) is 16.0. The molecule has 0 N–H and O–H groups in total. The fourth-order valence-electron chi connectivity index (χ4n) is 8.47. The SMILES string of the molecule is CCCC1(OC(=O)C(CC(C)(C)CC)C(C)(C)CC)CC2CC1C1C3CCC(C3)C21. The fourth-order valence-corrected chi connectivity index (χ4v) is 8.47. The van der Waals surface area contributed by atoms with Crippen molar-refractivity contribution < 1.29 is 9.53 Å². The highest BCUT2D eigenvalue weighted by molar-refractivity contribution is 5.74. The summed E-state index contributed by atoms with van der Waals surface area (Å²) in [6.07, 6.45) is 12.2. The van der Waals surface area contributed by atoms with Gasteiger partial charge in [-0.25, -0.2) is 0 Å². The van der Waals surface area contributed by atoms with Gasteiger partial charge in [-0.2, -0.15) is 0 Å². The summed E-state index contributed by atoms with van der Waals surface area (Å²) in [5, 5.41) is 0. The molecule has 172 valence electrons. The van der Waals surface area contributed by atoms with Crippen molar-refractivity contribution in [3.05, 3.63) is 0 Å². The van der Waals surface area contributed by atoms with Crippen molar-refractivity contribution in [2.45, 2.75) is 118 Å². The van der Waals surface area contributed by atoms with Gasteiger partial charge in [-0.15, -0.1) is 0 Å². The largest absolute Gasteiger partial charge is 0.459 e. The number of fused-ring (bicyclic) bond motifs is 9. The molecular weight excluding hydrogens is 368 g/mol. The Morgan fingerprint density at radius 2 is 1.63 bits per heavy atom. The maximum atomic E-state index is 13.9. The highest BCUT2D eigenvalue weighted by Crippen LogP contribution is 2.71. The predicted molar refractivity (Wildman–Crippen MR) is 124 cm³/mol. The molecule has 4 saturated carbocycles. The van der Waals surface area contributed by atoms with Crippen LogP contribution in [0, 0.1) is 52.3 Å². The molecule has 0 radical (unpaired) electrons. The monoisotopic (exact) mass is 416 g/mol. The molecule has 0 aromatic rings. The van der Waals surface area contributed by atoms with Gasteiger partial charge in [0.05, 0.1) is 5.92 Å². The average Bonchev–Trinajstić information content (AvgIpc) is 3.45. The quantitative estimate of drug-likeness (QED) is 0.285. The molecule has 2 heteroatoms. The number of ether oxygens (including phenoxy) is 1. The Balaban J connectivity index is 1.57. The van der Waals surface area contributed by atoms with Crippen LogP contribution in [0.1, 0.15) is 113 Å². The van der Waals surface area contributed by atoms with Crippen molar-refractivity contribution in [3.63, 3.8) is 0 Å². The molecule has 4 fully saturated rings. The van der Waals surface area contributed by atoms with Crippen molar-refractivity contribution in [1.29, 1.82) is 0 Å². The Bertz CT molecular complexity index is 649. The van der Waals surface area contributed by atoms with Crippen LogP contribution < -0.4 is 0 Å². The molecule has 4 bridgehead atoms. The minimum absolute atomic E-state index is 0.00105. The zero-order chi connectivity index (χ0) is 21.9. The zero-order valence-electron chi connectivity index (χ0n) is 20.9. The molecule has 0 aromatic heterocycles. The number of esters is 1. The van der Waals surface area contributed by atoms with Gasteiger partial charge >= 0.3 is 5.97 Å². The standard InChI is InChI=1S/C28H48O2/c1-8-13-28(16-20-15-21(28)24-19-12-11-18(14-19)23(20)24)30-25(29)22(27(6,7)10-3)17-26(4,5)9-2/h18-24H,8-17H2,1-7H3. The van der Waals surface area contributed by atoms with E-state index in [-0.39, 0.29) is 28.3 Å². The Hall–Kier alpha value is -0.530. The first-order chi connectivity index (χ1) is 14.1. The molecule has 4 aliphatic rings. The van der Waals surface area contributed by atoms with E-state index in [1.54, 1.807) is 0 Å². The Morgan fingerprint density at radius 1 is 0.967 bits per heavy atom. The van der Waals surface area contributed by atoms with E-state index >= 15 is 0 Å². The molecule has 4 aliphatic carbocycles. The molecule has 0 spiro atoms. The van der Waals surface area contributed by atoms with Gasteiger partial charge in [-0.3, -0.25) is 4.79 Å². The van der Waals surface area contributed by atoms with Gasteiger partial charge < -0.3 is 4.74 Å². The Morgan fingerprint density at radius 3 is 2.23 bits per heavy atom. The van der Waals surface area contributed by atoms with Crippen LogP contribution >= 0.6 is 0 Å². The van der Waals surface area contributed by atoms with Gasteiger partial charge in [0.15, 0.2) is 0 Å². The number of hydrogen-bond donors (Lipinski definition) is 0. The van der Waals surface area contributed by atoms with Gasteiger partial charge in [-0.05, 0) is 85.4 Å². The lowest BCUT2D eigenvalue weighted by Crippen LogP contribution is -2.50. The first-order valence-corrected chi connectivity index (χ1v) is 13.3. The highest BCUT2D eigenvalue weighted by atomic mass is 16.6. The van der Waals surface area contributed by atoms with Gasteiger partial charge in [0.2, 0.25) is 0 Å². The number of rotatable bonds is 9. The molecule has 0 saturated heterocycles. The summed E-state index contributed by atoms with van der Waals surface area (Å²) in [4.78, 5) is 13.9. The van der Waals surface area contributed by atoms with E-state index in [4.69, 9.17) is 4.74 Å². The summed E-state index contributed by atoms with van der Waals surface area (Å²) in [7, 11) is 0. The van der Waals surface area contributed by atoms with Crippen molar-refractivity contribution in [1.82, 2.24) is 0 Å². The van der Waals surface area contributed by atoms with E-state index in [1.807, 2.05) is 0 Å². The van der Waals surface area contributed by atoms with Gasteiger partial charge in [0.1, 0.15) is 5.60 Å². The summed E-state index contributed by atoms with van der Waals surface area (Å²) in [6, 6.07) is 0. The molecule has 4 rings (SSSR count). The van der Waals surface area contributed by atoms with Crippen LogP contribution in [-0.4, -0.2) is 11.6 Å². The third kappa shape index (κ3) is 3.57. The molecule has 8 atom stereocenters. The van der Waals surface area contributed by atoms with E-state index in [0.717, 1.165) is 68.1 Å². The minimum Gasteiger partial charge on any atom is -0.459 e. The molecule has 0 heterocycles. The van der Waals surface area contributed by atoms with Crippen molar-refractivity contribution in [2.24, 2.45) is 52.3 Å². The zero-order valence-corrected chi connectivity index (χ0v) is 20.9. The van der Waals surface area contributed by atoms with Crippen molar-refractivity contribution >= 4 is 5.97 Å². The number of carbonyl (C=O) groups is 1.